The highest BCUT2D eigenvalue weighted by Crippen LogP contribution is 2.42. The maximum Gasteiger partial charge on any atom is 0.272 e. The molecule has 2 nitrogen and oxygen atoms in total. The fourth-order valence-electron chi connectivity index (χ4n) is 1.47. The van der Waals surface area contributed by atoms with Gasteiger partial charge in [-0.2, -0.15) is 0 Å². The Morgan fingerprint density at radius 1 is 1.27 bits per heavy atom. The number of hydrogen-bond acceptors (Lipinski definition) is 2. The molecule has 1 fully saturated rings. The van der Waals surface area contributed by atoms with Gasteiger partial charge in [0.25, 0.3) is 6.43 Å². The van der Waals surface area contributed by atoms with E-state index in [9.17, 15) is 8.78 Å². The van der Waals surface area contributed by atoms with E-state index in [1.54, 1.807) is 12.1 Å². The van der Waals surface area contributed by atoms with Gasteiger partial charge < -0.3 is 10.5 Å². The molecule has 1 saturated carbocycles. The van der Waals surface area contributed by atoms with Crippen molar-refractivity contribution in [2.24, 2.45) is 5.73 Å². The molecule has 15 heavy (non-hydrogen) atoms. The minimum Gasteiger partial charge on any atom is -0.488 e. The number of benzene rings is 1. The van der Waals surface area contributed by atoms with E-state index in [2.05, 4.69) is 0 Å². The van der Waals surface area contributed by atoms with Crippen molar-refractivity contribution in [2.75, 3.05) is 6.61 Å². The van der Waals surface area contributed by atoms with Crippen LogP contribution in [-0.2, 0) is 5.54 Å². The summed E-state index contributed by atoms with van der Waals surface area (Å²) in [4.78, 5) is 0. The second-order valence-corrected chi connectivity index (χ2v) is 3.88. The van der Waals surface area contributed by atoms with Crippen LogP contribution in [-0.4, -0.2) is 13.0 Å². The molecule has 2 rings (SSSR count). The molecule has 1 aromatic rings. The summed E-state index contributed by atoms with van der Waals surface area (Å²) in [5.41, 5.74) is 6.85. The first kappa shape index (κ1) is 10.4. The minimum atomic E-state index is -2.44. The number of nitrogens with two attached hydrogens (primary N) is 1. The lowest BCUT2D eigenvalue weighted by molar-refractivity contribution is 0.0819. The first-order chi connectivity index (χ1) is 7.10. The van der Waals surface area contributed by atoms with E-state index in [4.69, 9.17) is 10.5 Å². The molecular weight excluding hydrogens is 200 g/mol. The second kappa shape index (κ2) is 3.77. The van der Waals surface area contributed by atoms with Gasteiger partial charge in [-0.1, -0.05) is 12.1 Å². The molecule has 0 radical (unpaired) electrons. The molecule has 82 valence electrons. The summed E-state index contributed by atoms with van der Waals surface area (Å²) in [7, 11) is 0. The average molecular weight is 213 g/mol. The third-order valence-corrected chi connectivity index (χ3v) is 2.59. The zero-order chi connectivity index (χ0) is 10.9. The third-order valence-electron chi connectivity index (χ3n) is 2.59. The van der Waals surface area contributed by atoms with Crippen molar-refractivity contribution < 1.29 is 13.5 Å². The highest BCUT2D eigenvalue weighted by Gasteiger charge is 2.39. The first-order valence-corrected chi connectivity index (χ1v) is 4.90. The molecule has 0 saturated heterocycles. The molecule has 2 N–H and O–H groups in total. The molecule has 1 aliphatic carbocycles. The maximum atomic E-state index is 11.9. The van der Waals surface area contributed by atoms with Gasteiger partial charge in [0, 0.05) is 5.54 Å². The molecule has 0 bridgehead atoms. The average Bonchev–Trinajstić information content (AvgIpc) is 2.96. The topological polar surface area (TPSA) is 35.2 Å². The van der Waals surface area contributed by atoms with E-state index in [1.165, 1.54) is 0 Å². The summed E-state index contributed by atoms with van der Waals surface area (Å²) in [6.45, 7) is -0.562. The third kappa shape index (κ3) is 2.45. The molecule has 0 unspecified atom stereocenters. The van der Waals surface area contributed by atoms with Crippen LogP contribution in [0.25, 0.3) is 0 Å². The van der Waals surface area contributed by atoms with Crippen molar-refractivity contribution in [3.05, 3.63) is 29.8 Å². The van der Waals surface area contributed by atoms with Crippen molar-refractivity contribution in [3.63, 3.8) is 0 Å². The Kier molecular flexibility index (Phi) is 2.61. The van der Waals surface area contributed by atoms with Gasteiger partial charge in [-0.15, -0.1) is 0 Å². The van der Waals surface area contributed by atoms with E-state index in [-0.39, 0.29) is 5.54 Å². The summed E-state index contributed by atoms with van der Waals surface area (Å²) < 4.78 is 28.6. The zero-order valence-electron chi connectivity index (χ0n) is 8.25. The molecule has 4 heteroatoms. The van der Waals surface area contributed by atoms with Gasteiger partial charge in [-0.25, -0.2) is 8.78 Å². The predicted octanol–water partition coefficient (Wildman–Crippen LogP) is 2.28. The standard InChI is InChI=1S/C11H13F2NO/c12-10(13)7-15-9-3-1-8(2-4-9)11(14)5-6-11/h1-4,10H,5-7,14H2. The van der Waals surface area contributed by atoms with Crippen LogP contribution in [0, 0.1) is 0 Å². The molecule has 0 aliphatic heterocycles. The maximum absolute atomic E-state index is 11.9. The van der Waals surface area contributed by atoms with Crippen LogP contribution in [0.4, 0.5) is 8.78 Å². The second-order valence-electron chi connectivity index (χ2n) is 3.88. The van der Waals surface area contributed by atoms with Crippen LogP contribution in [0.2, 0.25) is 0 Å². The van der Waals surface area contributed by atoms with Crippen molar-refractivity contribution in [2.45, 2.75) is 24.8 Å². The molecule has 0 aromatic heterocycles. The van der Waals surface area contributed by atoms with E-state index >= 15 is 0 Å². The molecule has 0 amide bonds. The molecule has 0 atom stereocenters. The lowest BCUT2D eigenvalue weighted by Crippen LogP contribution is -2.18. The van der Waals surface area contributed by atoms with Gasteiger partial charge in [-0.3, -0.25) is 0 Å². The molecule has 0 spiro atoms. The molecule has 1 aromatic carbocycles. The zero-order valence-corrected chi connectivity index (χ0v) is 8.25. The fraction of sp³-hybridized carbons (Fsp3) is 0.455. The van der Waals surface area contributed by atoms with Crippen LogP contribution in [0.5, 0.6) is 5.75 Å². The van der Waals surface area contributed by atoms with Crippen LogP contribution >= 0.6 is 0 Å². The van der Waals surface area contributed by atoms with E-state index in [0.717, 1.165) is 18.4 Å². The van der Waals surface area contributed by atoms with Crippen LogP contribution in [0.15, 0.2) is 24.3 Å². The van der Waals surface area contributed by atoms with Crippen molar-refractivity contribution >= 4 is 0 Å². The lowest BCUT2D eigenvalue weighted by atomic mass is 10.1. The molecular formula is C11H13F2NO. The first-order valence-electron chi connectivity index (χ1n) is 4.90. The van der Waals surface area contributed by atoms with Gasteiger partial charge in [-0.05, 0) is 30.5 Å². The monoisotopic (exact) mass is 213 g/mol. The summed E-state index contributed by atoms with van der Waals surface area (Å²) in [6, 6.07) is 7.05. The quantitative estimate of drug-likeness (QED) is 0.832. The number of alkyl halides is 2. The Morgan fingerprint density at radius 3 is 2.33 bits per heavy atom. The van der Waals surface area contributed by atoms with Gasteiger partial charge >= 0.3 is 0 Å². The number of hydrogen-bond donors (Lipinski definition) is 1. The Morgan fingerprint density at radius 2 is 1.87 bits per heavy atom. The summed E-state index contributed by atoms with van der Waals surface area (Å²) >= 11 is 0. The lowest BCUT2D eigenvalue weighted by Gasteiger charge is -2.10. The summed E-state index contributed by atoms with van der Waals surface area (Å²) in [5.74, 6) is 0.461. The van der Waals surface area contributed by atoms with Gasteiger partial charge in [0.2, 0.25) is 0 Å². The van der Waals surface area contributed by atoms with Gasteiger partial charge in [0.15, 0.2) is 0 Å². The van der Waals surface area contributed by atoms with Crippen molar-refractivity contribution in [1.29, 1.82) is 0 Å². The van der Waals surface area contributed by atoms with Crippen molar-refractivity contribution in [3.8, 4) is 5.75 Å². The molecule has 0 heterocycles. The summed E-state index contributed by atoms with van der Waals surface area (Å²) in [5, 5.41) is 0. The Balaban J connectivity index is 1.98. The van der Waals surface area contributed by atoms with E-state index < -0.39 is 13.0 Å². The number of halogens is 2. The van der Waals surface area contributed by atoms with E-state index in [0.29, 0.717) is 5.75 Å². The Labute approximate surface area is 87.0 Å². The minimum absolute atomic E-state index is 0.179. The fourth-order valence-corrected chi connectivity index (χ4v) is 1.47. The van der Waals surface area contributed by atoms with E-state index in [1.807, 2.05) is 12.1 Å². The predicted molar refractivity (Wildman–Crippen MR) is 53.0 cm³/mol. The molecule has 1 aliphatic rings. The Bertz CT molecular complexity index is 333. The SMILES string of the molecule is NC1(c2ccc(OCC(F)F)cc2)CC1. The largest absolute Gasteiger partial charge is 0.488 e. The van der Waals surface area contributed by atoms with Crippen LogP contribution in [0.1, 0.15) is 18.4 Å². The Hall–Kier alpha value is -1.16. The van der Waals surface area contributed by atoms with Crippen LogP contribution in [0.3, 0.4) is 0 Å². The number of rotatable bonds is 4. The van der Waals surface area contributed by atoms with Gasteiger partial charge in [0.1, 0.15) is 12.4 Å². The van der Waals surface area contributed by atoms with Crippen LogP contribution < -0.4 is 10.5 Å². The smallest absolute Gasteiger partial charge is 0.272 e. The normalized spacial score (nSPS) is 17.9. The van der Waals surface area contributed by atoms with Crippen molar-refractivity contribution in [1.82, 2.24) is 0 Å². The van der Waals surface area contributed by atoms with Gasteiger partial charge in [0.05, 0.1) is 0 Å². The summed E-state index contributed by atoms with van der Waals surface area (Å²) in [6.07, 6.45) is -0.456. The number of ether oxygens (including phenoxy) is 1. The highest BCUT2D eigenvalue weighted by atomic mass is 19.3. The highest BCUT2D eigenvalue weighted by molar-refractivity contribution is 5.34.